The number of hydrogen-bond donors (Lipinski definition) is 0. The summed E-state index contributed by atoms with van der Waals surface area (Å²) in [6.07, 6.45) is -3.87. The van der Waals surface area contributed by atoms with Crippen LogP contribution in [0.15, 0.2) is 42.5 Å². The van der Waals surface area contributed by atoms with E-state index < -0.39 is 17.6 Å². The topological polar surface area (TPSA) is 54.9 Å². The van der Waals surface area contributed by atoms with Gasteiger partial charge in [-0.05, 0) is 36.8 Å². The third-order valence-electron chi connectivity index (χ3n) is 5.46. The average Bonchev–Trinajstić information content (AvgIpc) is 3.24. The number of benzene rings is 2. The van der Waals surface area contributed by atoms with Gasteiger partial charge in [-0.3, -0.25) is 14.6 Å². The Morgan fingerprint density at radius 2 is 1.97 bits per heavy atom. The van der Waals surface area contributed by atoms with E-state index in [1.807, 2.05) is 12.1 Å². The van der Waals surface area contributed by atoms with Gasteiger partial charge in [-0.2, -0.15) is 13.2 Å². The number of halogens is 4. The number of methoxy groups -OCH3 is 1. The smallest absolute Gasteiger partial charge is 0.416 e. The molecule has 0 aliphatic carbocycles. The normalized spacial score (nSPS) is 14.6. The summed E-state index contributed by atoms with van der Waals surface area (Å²) in [7, 11) is 1.56. The van der Waals surface area contributed by atoms with E-state index in [2.05, 4.69) is 9.88 Å². The highest BCUT2D eigenvalue weighted by molar-refractivity contribution is 7.22. The molecule has 0 atom stereocenters. The van der Waals surface area contributed by atoms with Crippen molar-refractivity contribution in [2.75, 3.05) is 51.4 Å². The maximum atomic E-state index is 13.4. The predicted octanol–water partition coefficient (Wildman–Crippen LogP) is 5.11. The van der Waals surface area contributed by atoms with Gasteiger partial charge in [0.2, 0.25) is 0 Å². The molecule has 11 heteroatoms. The molecule has 4 rings (SSSR count). The highest BCUT2D eigenvalue weighted by Crippen LogP contribution is 2.33. The number of nitrogens with zero attached hydrogens (tertiary/aromatic N) is 3. The zero-order valence-electron chi connectivity index (χ0n) is 18.5. The molecule has 2 aromatic carbocycles. The van der Waals surface area contributed by atoms with Crippen molar-refractivity contribution in [2.45, 2.75) is 12.6 Å². The molecule has 0 unspecified atom stereocenters. The molecule has 1 saturated heterocycles. The van der Waals surface area contributed by atoms with E-state index in [1.54, 1.807) is 13.2 Å². The Balaban J connectivity index is 0.00000324. The molecule has 0 N–H and O–H groups in total. The van der Waals surface area contributed by atoms with E-state index in [-0.39, 0.29) is 18.0 Å². The number of carbonyl (C=O) groups is 1. The lowest BCUT2D eigenvalue weighted by molar-refractivity contribution is -0.137. The Labute approximate surface area is 205 Å². The first-order chi connectivity index (χ1) is 15.8. The molecular formula is C23H25ClF3N3O3S. The van der Waals surface area contributed by atoms with Crippen molar-refractivity contribution >= 4 is 45.0 Å². The fourth-order valence-electron chi connectivity index (χ4n) is 3.68. The molecule has 0 radical (unpaired) electrons. The van der Waals surface area contributed by atoms with Gasteiger partial charge >= 0.3 is 6.18 Å². The van der Waals surface area contributed by atoms with E-state index in [1.165, 1.54) is 28.4 Å². The number of fused-ring (bicyclic) bond motifs is 1. The van der Waals surface area contributed by atoms with Crippen molar-refractivity contribution in [1.29, 1.82) is 0 Å². The summed E-state index contributed by atoms with van der Waals surface area (Å²) in [6.45, 7) is 4.09. The summed E-state index contributed by atoms with van der Waals surface area (Å²) in [5.74, 6) is 0.136. The van der Waals surface area contributed by atoms with Crippen LogP contribution in [-0.4, -0.2) is 62.3 Å². The Morgan fingerprint density at radius 1 is 1.21 bits per heavy atom. The minimum absolute atomic E-state index is 0. The van der Waals surface area contributed by atoms with Gasteiger partial charge in [-0.1, -0.05) is 17.4 Å². The highest BCUT2D eigenvalue weighted by atomic mass is 35.5. The minimum atomic E-state index is -4.52. The lowest BCUT2D eigenvalue weighted by atomic mass is 10.1. The average molecular weight is 516 g/mol. The van der Waals surface area contributed by atoms with Crippen LogP contribution in [0.2, 0.25) is 0 Å². The van der Waals surface area contributed by atoms with Crippen molar-refractivity contribution in [1.82, 2.24) is 9.88 Å². The monoisotopic (exact) mass is 515 g/mol. The van der Waals surface area contributed by atoms with Crippen LogP contribution < -0.4 is 9.64 Å². The predicted molar refractivity (Wildman–Crippen MR) is 128 cm³/mol. The minimum Gasteiger partial charge on any atom is -0.497 e. The second-order valence-corrected chi connectivity index (χ2v) is 8.68. The largest absolute Gasteiger partial charge is 0.497 e. The molecule has 1 amide bonds. The van der Waals surface area contributed by atoms with Crippen molar-refractivity contribution in [3.63, 3.8) is 0 Å². The number of alkyl halides is 3. The molecular weight excluding hydrogens is 491 g/mol. The number of thiazole rings is 1. The maximum absolute atomic E-state index is 13.4. The van der Waals surface area contributed by atoms with Gasteiger partial charge in [0.25, 0.3) is 5.91 Å². The number of carbonyl (C=O) groups excluding carboxylic acids is 1. The summed E-state index contributed by atoms with van der Waals surface area (Å²) in [4.78, 5) is 21.7. The molecule has 184 valence electrons. The Hall–Kier alpha value is -2.40. The first-order valence-corrected chi connectivity index (χ1v) is 11.4. The Morgan fingerprint density at radius 3 is 2.68 bits per heavy atom. The van der Waals surface area contributed by atoms with Gasteiger partial charge in [0.15, 0.2) is 5.13 Å². The zero-order chi connectivity index (χ0) is 23.4. The first kappa shape index (κ1) is 26.2. The molecule has 6 nitrogen and oxygen atoms in total. The third-order valence-corrected chi connectivity index (χ3v) is 6.52. The Kier molecular flexibility index (Phi) is 8.75. The van der Waals surface area contributed by atoms with Gasteiger partial charge in [-0.15, -0.1) is 12.4 Å². The SMILES string of the molecule is COc1ccc2sc(N(CCCN3CCOCC3)C(=O)c3cccc(C(F)(F)F)c3)nc2c1.Cl. The first-order valence-electron chi connectivity index (χ1n) is 10.6. The van der Waals surface area contributed by atoms with Gasteiger partial charge in [0, 0.05) is 37.8 Å². The van der Waals surface area contributed by atoms with Gasteiger partial charge in [0.1, 0.15) is 5.75 Å². The van der Waals surface area contributed by atoms with E-state index >= 15 is 0 Å². The number of hydrogen-bond acceptors (Lipinski definition) is 6. The number of aromatic nitrogens is 1. The van der Waals surface area contributed by atoms with E-state index in [9.17, 15) is 18.0 Å². The summed E-state index contributed by atoms with van der Waals surface area (Å²) in [5, 5.41) is 0.447. The zero-order valence-corrected chi connectivity index (χ0v) is 20.1. The third kappa shape index (κ3) is 6.18. The maximum Gasteiger partial charge on any atom is 0.416 e. The van der Waals surface area contributed by atoms with Crippen LogP contribution in [0.3, 0.4) is 0 Å². The Bertz CT molecular complexity index is 1120. The van der Waals surface area contributed by atoms with Crippen LogP contribution in [0.4, 0.5) is 18.3 Å². The van der Waals surface area contributed by atoms with Crippen molar-refractivity contribution in [3.05, 3.63) is 53.6 Å². The molecule has 34 heavy (non-hydrogen) atoms. The molecule has 2 heterocycles. The van der Waals surface area contributed by atoms with E-state index in [0.29, 0.717) is 42.6 Å². The lowest BCUT2D eigenvalue weighted by Crippen LogP contribution is -2.39. The summed E-state index contributed by atoms with van der Waals surface area (Å²) >= 11 is 1.33. The number of ether oxygens (including phenoxy) is 2. The summed E-state index contributed by atoms with van der Waals surface area (Å²) < 4.78 is 51.1. The fourth-order valence-corrected chi connectivity index (χ4v) is 4.65. The van der Waals surface area contributed by atoms with Gasteiger partial charge < -0.3 is 9.47 Å². The second kappa shape index (κ2) is 11.4. The molecule has 0 bridgehead atoms. The van der Waals surface area contributed by atoms with Crippen LogP contribution in [0, 0.1) is 0 Å². The molecule has 1 aliphatic heterocycles. The van der Waals surface area contributed by atoms with Crippen LogP contribution in [0.25, 0.3) is 10.2 Å². The van der Waals surface area contributed by atoms with E-state index in [0.717, 1.165) is 36.5 Å². The molecule has 0 spiro atoms. The summed E-state index contributed by atoms with van der Waals surface area (Å²) in [5.41, 5.74) is -0.201. The second-order valence-electron chi connectivity index (χ2n) is 7.67. The van der Waals surface area contributed by atoms with Crippen molar-refractivity contribution < 1.29 is 27.4 Å². The van der Waals surface area contributed by atoms with Gasteiger partial charge in [0.05, 0.1) is 36.1 Å². The number of morpholine rings is 1. The highest BCUT2D eigenvalue weighted by Gasteiger charge is 2.32. The number of amides is 1. The van der Waals surface area contributed by atoms with Crippen LogP contribution in [-0.2, 0) is 10.9 Å². The van der Waals surface area contributed by atoms with Crippen LogP contribution >= 0.6 is 23.7 Å². The number of rotatable bonds is 7. The molecule has 1 aliphatic rings. The van der Waals surface area contributed by atoms with Crippen molar-refractivity contribution in [2.24, 2.45) is 0 Å². The molecule has 1 fully saturated rings. The standard InChI is InChI=1S/C23H24F3N3O3S.ClH/c1-31-18-6-7-20-19(15-18)27-22(33-20)29(9-3-8-28-10-12-32-13-11-28)21(30)16-4-2-5-17(14-16)23(24,25)26;/h2,4-7,14-15H,3,8-13H2,1H3;1H. The summed E-state index contributed by atoms with van der Waals surface area (Å²) in [6, 6.07) is 9.96. The van der Waals surface area contributed by atoms with E-state index in [4.69, 9.17) is 9.47 Å². The lowest BCUT2D eigenvalue weighted by Gasteiger charge is -2.27. The molecule has 3 aromatic rings. The fraction of sp³-hybridized carbons (Fsp3) is 0.391. The van der Waals surface area contributed by atoms with Gasteiger partial charge in [-0.25, -0.2) is 4.98 Å². The number of anilines is 1. The quantitative estimate of drug-likeness (QED) is 0.437. The molecule has 0 saturated carbocycles. The van der Waals surface area contributed by atoms with Crippen LogP contribution in [0.1, 0.15) is 22.3 Å². The van der Waals surface area contributed by atoms with Crippen LogP contribution in [0.5, 0.6) is 5.75 Å². The molecule has 1 aromatic heterocycles. The van der Waals surface area contributed by atoms with Crippen molar-refractivity contribution in [3.8, 4) is 5.75 Å².